The third kappa shape index (κ3) is 3.90. The van der Waals surface area contributed by atoms with Crippen LogP contribution in [0.15, 0.2) is 0 Å². The summed E-state index contributed by atoms with van der Waals surface area (Å²) in [6, 6.07) is 1.40. The third-order valence-corrected chi connectivity index (χ3v) is 5.73. The molecule has 126 valence electrons. The molecule has 2 atom stereocenters. The number of hydrogen-bond acceptors (Lipinski definition) is 2. The fourth-order valence-corrected chi connectivity index (χ4v) is 4.89. The van der Waals surface area contributed by atoms with Gasteiger partial charge in [-0.15, -0.1) is 0 Å². The summed E-state index contributed by atoms with van der Waals surface area (Å²) in [5.74, 6) is 1.62. The van der Waals surface area contributed by atoms with Gasteiger partial charge in [0.15, 0.2) is 0 Å². The summed E-state index contributed by atoms with van der Waals surface area (Å²) < 4.78 is 5.70. The number of ether oxygens (including phenoxy) is 1. The molecule has 0 bridgehead atoms. The van der Waals surface area contributed by atoms with E-state index in [0.717, 1.165) is 37.4 Å². The van der Waals surface area contributed by atoms with Gasteiger partial charge in [0.05, 0.1) is 26.6 Å². The molecule has 22 heavy (non-hydrogen) atoms. The molecule has 0 amide bonds. The smallest absolute Gasteiger partial charge is 0.0712 e. The van der Waals surface area contributed by atoms with Gasteiger partial charge in [-0.1, -0.05) is 45.9 Å². The first-order valence-corrected chi connectivity index (χ1v) is 9.57. The quantitative estimate of drug-likeness (QED) is 0.461. The predicted molar refractivity (Wildman–Crippen MR) is 95.5 cm³/mol. The first-order chi connectivity index (χ1) is 10.5. The van der Waals surface area contributed by atoms with Crippen LogP contribution in [0.5, 0.6) is 0 Å². The Morgan fingerprint density at radius 3 is 2.27 bits per heavy atom. The van der Waals surface area contributed by atoms with E-state index in [9.17, 15) is 0 Å². The molecular weight excluding hydrogens is 269 g/mol. The highest BCUT2D eigenvalue weighted by atomic mass is 16.5. The van der Waals surface area contributed by atoms with Crippen LogP contribution in [0.2, 0.25) is 6.32 Å². The van der Waals surface area contributed by atoms with Gasteiger partial charge in [0.1, 0.15) is 0 Å². The van der Waals surface area contributed by atoms with Crippen molar-refractivity contribution in [3.05, 3.63) is 0 Å². The van der Waals surface area contributed by atoms with Crippen LogP contribution in [-0.2, 0) is 4.74 Å². The molecule has 2 aliphatic rings. The molecule has 2 nitrogen and oxygen atoms in total. The van der Waals surface area contributed by atoms with Crippen molar-refractivity contribution in [2.24, 2.45) is 11.8 Å². The van der Waals surface area contributed by atoms with E-state index in [1.54, 1.807) is 0 Å². The molecular formula is C19H36BNO. The molecule has 0 saturated carbocycles. The Kier molecular flexibility index (Phi) is 6.82. The molecule has 2 rings (SSSR count). The van der Waals surface area contributed by atoms with Crippen LogP contribution < -0.4 is 0 Å². The standard InChI is InChI=1S/C19H36BNO/c1-15(2)11-17-12-18(9-7-5-6-8-10-20)21(16(3)4)19(17)13-22-14-19/h15-18H,5-14H2,1-4H3. The van der Waals surface area contributed by atoms with E-state index < -0.39 is 0 Å². The third-order valence-electron chi connectivity index (χ3n) is 5.73. The maximum absolute atomic E-state index is 5.70. The number of rotatable bonds is 9. The fourth-order valence-electron chi connectivity index (χ4n) is 4.89. The number of hydrogen-bond donors (Lipinski definition) is 0. The van der Waals surface area contributed by atoms with Crippen LogP contribution in [0.1, 0.15) is 72.6 Å². The van der Waals surface area contributed by atoms with Gasteiger partial charge in [-0.2, -0.15) is 0 Å². The summed E-state index contributed by atoms with van der Waals surface area (Å²) in [6.07, 6.45) is 10.1. The molecule has 2 heterocycles. The first-order valence-electron chi connectivity index (χ1n) is 9.57. The Bertz CT molecular complexity index is 327. The van der Waals surface area contributed by atoms with E-state index in [0.29, 0.717) is 11.6 Å². The number of unbranched alkanes of at least 4 members (excludes halogenated alkanes) is 3. The zero-order chi connectivity index (χ0) is 16.2. The summed E-state index contributed by atoms with van der Waals surface area (Å²) in [7, 11) is 5.60. The van der Waals surface area contributed by atoms with Gasteiger partial charge in [-0.3, -0.25) is 4.90 Å². The van der Waals surface area contributed by atoms with Crippen molar-refractivity contribution in [3.63, 3.8) is 0 Å². The van der Waals surface area contributed by atoms with Gasteiger partial charge < -0.3 is 4.74 Å². The van der Waals surface area contributed by atoms with E-state index in [1.807, 2.05) is 0 Å². The second-order valence-corrected chi connectivity index (χ2v) is 8.30. The Labute approximate surface area is 139 Å². The summed E-state index contributed by atoms with van der Waals surface area (Å²) in [5.41, 5.74) is 0.361. The van der Waals surface area contributed by atoms with Gasteiger partial charge in [0.25, 0.3) is 0 Å². The Balaban J connectivity index is 1.96. The second-order valence-electron chi connectivity index (χ2n) is 8.30. The largest absolute Gasteiger partial charge is 0.377 e. The zero-order valence-electron chi connectivity index (χ0n) is 15.3. The molecule has 2 unspecified atom stereocenters. The lowest BCUT2D eigenvalue weighted by Gasteiger charge is -2.52. The highest BCUT2D eigenvalue weighted by Gasteiger charge is 2.57. The molecule has 2 aliphatic heterocycles. The molecule has 0 aromatic rings. The minimum atomic E-state index is 0.361. The first kappa shape index (κ1) is 18.3. The topological polar surface area (TPSA) is 12.5 Å². The molecule has 2 fully saturated rings. The average Bonchev–Trinajstić information content (AvgIpc) is 2.71. The van der Waals surface area contributed by atoms with E-state index in [2.05, 4.69) is 32.6 Å². The molecule has 1 spiro atoms. The highest BCUT2D eigenvalue weighted by Crippen LogP contribution is 2.48. The minimum Gasteiger partial charge on any atom is -0.377 e. The van der Waals surface area contributed by atoms with Crippen molar-refractivity contribution in [3.8, 4) is 0 Å². The maximum atomic E-state index is 5.70. The van der Waals surface area contributed by atoms with E-state index in [1.165, 1.54) is 44.9 Å². The summed E-state index contributed by atoms with van der Waals surface area (Å²) >= 11 is 0. The SMILES string of the molecule is [B]CCCCCCC1CC(CC(C)C)C2(COC2)N1C(C)C. The van der Waals surface area contributed by atoms with E-state index in [-0.39, 0.29) is 0 Å². The second kappa shape index (κ2) is 8.19. The van der Waals surface area contributed by atoms with Crippen molar-refractivity contribution in [1.29, 1.82) is 0 Å². The van der Waals surface area contributed by atoms with Crippen molar-refractivity contribution >= 4 is 7.85 Å². The van der Waals surface area contributed by atoms with Gasteiger partial charge in [0, 0.05) is 12.1 Å². The number of nitrogens with zero attached hydrogens (tertiary/aromatic N) is 1. The Hall–Kier alpha value is -0.0151. The average molecular weight is 305 g/mol. The van der Waals surface area contributed by atoms with Crippen molar-refractivity contribution in [1.82, 2.24) is 4.90 Å². The van der Waals surface area contributed by atoms with Crippen LogP contribution in [0, 0.1) is 11.8 Å². The lowest BCUT2D eigenvalue weighted by Crippen LogP contribution is -2.65. The minimum absolute atomic E-state index is 0.361. The summed E-state index contributed by atoms with van der Waals surface area (Å²) in [4.78, 5) is 2.84. The molecule has 2 radical (unpaired) electrons. The molecule has 0 aliphatic carbocycles. The fraction of sp³-hybridized carbons (Fsp3) is 1.00. The van der Waals surface area contributed by atoms with Gasteiger partial charge in [-0.05, 0) is 44.9 Å². The lowest BCUT2D eigenvalue weighted by molar-refractivity contribution is -0.161. The van der Waals surface area contributed by atoms with Crippen molar-refractivity contribution < 1.29 is 4.74 Å². The Morgan fingerprint density at radius 2 is 1.77 bits per heavy atom. The van der Waals surface area contributed by atoms with Crippen molar-refractivity contribution in [2.75, 3.05) is 13.2 Å². The van der Waals surface area contributed by atoms with Crippen molar-refractivity contribution in [2.45, 2.75) is 96.6 Å². The zero-order valence-corrected chi connectivity index (χ0v) is 15.3. The molecule has 3 heteroatoms. The molecule has 0 N–H and O–H groups in total. The van der Waals surface area contributed by atoms with Gasteiger partial charge in [-0.25, -0.2) is 0 Å². The molecule has 0 aromatic heterocycles. The maximum Gasteiger partial charge on any atom is 0.0712 e. The van der Waals surface area contributed by atoms with Crippen LogP contribution in [0.3, 0.4) is 0 Å². The van der Waals surface area contributed by atoms with Gasteiger partial charge >= 0.3 is 0 Å². The summed E-state index contributed by atoms with van der Waals surface area (Å²) in [5, 5.41) is 0. The predicted octanol–water partition coefficient (Wildman–Crippen LogP) is 4.44. The van der Waals surface area contributed by atoms with Crippen LogP contribution in [0.25, 0.3) is 0 Å². The van der Waals surface area contributed by atoms with Gasteiger partial charge in [0.2, 0.25) is 0 Å². The van der Waals surface area contributed by atoms with Crippen LogP contribution in [-0.4, -0.2) is 43.6 Å². The number of likely N-dealkylation sites (tertiary alicyclic amines) is 1. The monoisotopic (exact) mass is 305 g/mol. The Morgan fingerprint density at radius 1 is 1.09 bits per heavy atom. The van der Waals surface area contributed by atoms with E-state index in [4.69, 9.17) is 12.6 Å². The van der Waals surface area contributed by atoms with Crippen LogP contribution in [0.4, 0.5) is 0 Å². The van der Waals surface area contributed by atoms with Crippen LogP contribution >= 0.6 is 0 Å². The normalized spacial score (nSPS) is 27.9. The lowest BCUT2D eigenvalue weighted by atomic mass is 9.77. The highest BCUT2D eigenvalue weighted by molar-refractivity contribution is 6.08. The summed E-state index contributed by atoms with van der Waals surface area (Å²) in [6.45, 7) is 11.4. The van der Waals surface area contributed by atoms with E-state index >= 15 is 0 Å². The molecule has 2 saturated heterocycles. The molecule has 0 aromatic carbocycles.